The highest BCUT2D eigenvalue weighted by Gasteiger charge is 2.51. The van der Waals surface area contributed by atoms with E-state index < -0.39 is 5.60 Å². The van der Waals surface area contributed by atoms with E-state index in [4.69, 9.17) is 0 Å². The summed E-state index contributed by atoms with van der Waals surface area (Å²) in [5, 5.41) is 13.0. The van der Waals surface area contributed by atoms with Crippen LogP contribution in [0.2, 0.25) is 0 Å². The monoisotopic (exact) mass is 226 g/mol. The van der Waals surface area contributed by atoms with Gasteiger partial charge in [-0.25, -0.2) is 0 Å². The summed E-state index contributed by atoms with van der Waals surface area (Å²) in [5.41, 5.74) is -0.474. The van der Waals surface area contributed by atoms with Gasteiger partial charge in [-0.15, -0.1) is 0 Å². The lowest BCUT2D eigenvalue weighted by Crippen LogP contribution is -2.64. The van der Waals surface area contributed by atoms with Crippen LogP contribution in [0, 0.1) is 11.8 Å². The molecule has 2 rings (SSSR count). The molecule has 2 fully saturated rings. The summed E-state index contributed by atoms with van der Waals surface area (Å²) in [4.78, 5) is 13.5. The van der Waals surface area contributed by atoms with Crippen molar-refractivity contribution < 1.29 is 9.90 Å². The second kappa shape index (κ2) is 4.34. The lowest BCUT2D eigenvalue weighted by atomic mass is 9.89. The largest absolute Gasteiger partial charge is 0.387 e. The first-order valence-electron chi connectivity index (χ1n) is 6.21. The fourth-order valence-corrected chi connectivity index (χ4v) is 2.30. The molecule has 1 amide bonds. The maximum atomic E-state index is 11.5. The Morgan fingerprint density at radius 1 is 1.50 bits per heavy atom. The van der Waals surface area contributed by atoms with Crippen LogP contribution in [0.5, 0.6) is 0 Å². The van der Waals surface area contributed by atoms with E-state index in [0.717, 1.165) is 19.4 Å². The first-order valence-corrected chi connectivity index (χ1v) is 6.21. The third-order valence-corrected chi connectivity index (χ3v) is 3.41. The van der Waals surface area contributed by atoms with Crippen molar-refractivity contribution in [2.24, 2.45) is 11.8 Å². The number of carbonyl (C=O) groups excluding carboxylic acids is 1. The third-order valence-electron chi connectivity index (χ3n) is 3.41. The van der Waals surface area contributed by atoms with E-state index in [2.05, 4.69) is 19.2 Å². The summed E-state index contributed by atoms with van der Waals surface area (Å²) < 4.78 is 0. The van der Waals surface area contributed by atoms with E-state index in [0.29, 0.717) is 31.5 Å². The standard InChI is InChI=1S/C12H22N2O2/c1-9(2)5-13-11(15)6-14-7-12(16,8-14)10-3-4-10/h9-10,16H,3-8H2,1-2H3,(H,13,15). The number of nitrogens with one attached hydrogen (secondary N) is 1. The van der Waals surface area contributed by atoms with Crippen LogP contribution in [0.25, 0.3) is 0 Å². The van der Waals surface area contributed by atoms with Crippen molar-refractivity contribution in [3.63, 3.8) is 0 Å². The third kappa shape index (κ3) is 2.74. The summed E-state index contributed by atoms with van der Waals surface area (Å²) in [6, 6.07) is 0. The molecule has 0 bridgehead atoms. The normalized spacial score (nSPS) is 24.2. The zero-order valence-corrected chi connectivity index (χ0v) is 10.2. The Morgan fingerprint density at radius 2 is 2.12 bits per heavy atom. The first-order chi connectivity index (χ1) is 7.49. The molecule has 4 nitrogen and oxygen atoms in total. The van der Waals surface area contributed by atoms with E-state index in [1.807, 2.05) is 4.90 Å². The van der Waals surface area contributed by atoms with Crippen molar-refractivity contribution in [3.8, 4) is 0 Å². The van der Waals surface area contributed by atoms with Crippen molar-refractivity contribution in [2.75, 3.05) is 26.2 Å². The molecule has 2 N–H and O–H groups in total. The zero-order chi connectivity index (χ0) is 11.8. The fourth-order valence-electron chi connectivity index (χ4n) is 2.30. The number of amides is 1. The molecule has 0 radical (unpaired) electrons. The molecule has 0 aromatic carbocycles. The molecule has 1 aliphatic heterocycles. The molecule has 16 heavy (non-hydrogen) atoms. The number of hydrogen-bond donors (Lipinski definition) is 2. The Balaban J connectivity index is 1.63. The van der Waals surface area contributed by atoms with Crippen molar-refractivity contribution in [1.82, 2.24) is 10.2 Å². The van der Waals surface area contributed by atoms with E-state index in [9.17, 15) is 9.90 Å². The van der Waals surface area contributed by atoms with Gasteiger partial charge >= 0.3 is 0 Å². The average molecular weight is 226 g/mol. The van der Waals surface area contributed by atoms with Crippen LogP contribution < -0.4 is 5.32 Å². The number of carbonyl (C=O) groups is 1. The molecule has 0 aromatic heterocycles. The molecule has 1 saturated heterocycles. The molecular formula is C12H22N2O2. The van der Waals surface area contributed by atoms with Gasteiger partial charge in [-0.2, -0.15) is 0 Å². The van der Waals surface area contributed by atoms with Gasteiger partial charge in [0.25, 0.3) is 0 Å². The molecule has 0 aromatic rings. The molecule has 4 heteroatoms. The molecule has 2 aliphatic rings. The van der Waals surface area contributed by atoms with Crippen molar-refractivity contribution in [3.05, 3.63) is 0 Å². The highest BCUT2D eigenvalue weighted by Crippen LogP contribution is 2.44. The Labute approximate surface area is 97.0 Å². The van der Waals surface area contributed by atoms with Gasteiger partial charge in [0.05, 0.1) is 12.1 Å². The van der Waals surface area contributed by atoms with Gasteiger partial charge in [-0.3, -0.25) is 9.69 Å². The Morgan fingerprint density at radius 3 is 2.62 bits per heavy atom. The van der Waals surface area contributed by atoms with Crippen LogP contribution in [-0.2, 0) is 4.79 Å². The Hall–Kier alpha value is -0.610. The van der Waals surface area contributed by atoms with Crippen LogP contribution in [0.3, 0.4) is 0 Å². The fraction of sp³-hybridized carbons (Fsp3) is 0.917. The van der Waals surface area contributed by atoms with Gasteiger partial charge in [0.15, 0.2) is 0 Å². The number of hydrogen-bond acceptors (Lipinski definition) is 3. The molecule has 1 aliphatic carbocycles. The van der Waals surface area contributed by atoms with Crippen molar-refractivity contribution >= 4 is 5.91 Å². The number of aliphatic hydroxyl groups is 1. The van der Waals surface area contributed by atoms with Crippen molar-refractivity contribution in [2.45, 2.75) is 32.3 Å². The van der Waals surface area contributed by atoms with Crippen LogP contribution >= 0.6 is 0 Å². The summed E-state index contributed by atoms with van der Waals surface area (Å²) in [7, 11) is 0. The topological polar surface area (TPSA) is 52.6 Å². The second-order valence-electron chi connectivity index (χ2n) is 5.72. The van der Waals surface area contributed by atoms with Crippen LogP contribution in [0.15, 0.2) is 0 Å². The van der Waals surface area contributed by atoms with Crippen molar-refractivity contribution in [1.29, 1.82) is 0 Å². The van der Waals surface area contributed by atoms with Crippen LogP contribution in [-0.4, -0.2) is 47.7 Å². The van der Waals surface area contributed by atoms with Gasteiger partial charge in [-0.1, -0.05) is 13.8 Å². The molecule has 1 heterocycles. The summed E-state index contributed by atoms with van der Waals surface area (Å²) in [6.45, 7) is 6.67. The van der Waals surface area contributed by atoms with Crippen LogP contribution in [0.4, 0.5) is 0 Å². The second-order valence-corrected chi connectivity index (χ2v) is 5.72. The van der Waals surface area contributed by atoms with Gasteiger partial charge in [0.2, 0.25) is 5.91 Å². The lowest BCUT2D eigenvalue weighted by Gasteiger charge is -2.46. The number of nitrogens with zero attached hydrogens (tertiary/aromatic N) is 1. The number of rotatable bonds is 5. The number of β-amino-alcohol motifs (C(OH)–C–C–N with tert-alkyl or cyclic N) is 1. The van der Waals surface area contributed by atoms with E-state index in [1.54, 1.807) is 0 Å². The minimum absolute atomic E-state index is 0.0755. The molecule has 0 atom stereocenters. The summed E-state index contributed by atoms with van der Waals surface area (Å²) >= 11 is 0. The Kier molecular flexibility index (Phi) is 3.22. The minimum atomic E-state index is -0.474. The quantitative estimate of drug-likeness (QED) is 0.705. The molecule has 92 valence electrons. The van der Waals surface area contributed by atoms with Gasteiger partial charge in [-0.05, 0) is 24.7 Å². The van der Waals surface area contributed by atoms with Gasteiger partial charge in [0, 0.05) is 19.6 Å². The highest BCUT2D eigenvalue weighted by atomic mass is 16.3. The molecule has 0 unspecified atom stereocenters. The zero-order valence-electron chi connectivity index (χ0n) is 10.2. The molecule has 0 spiro atoms. The number of likely N-dealkylation sites (tertiary alicyclic amines) is 1. The average Bonchev–Trinajstić information content (AvgIpc) is 2.95. The SMILES string of the molecule is CC(C)CNC(=O)CN1CC(O)(C2CC2)C1. The first kappa shape index (κ1) is 11.9. The maximum absolute atomic E-state index is 11.5. The maximum Gasteiger partial charge on any atom is 0.234 e. The van der Waals surface area contributed by atoms with Gasteiger partial charge in [0.1, 0.15) is 0 Å². The molecular weight excluding hydrogens is 204 g/mol. The van der Waals surface area contributed by atoms with Crippen LogP contribution in [0.1, 0.15) is 26.7 Å². The smallest absolute Gasteiger partial charge is 0.234 e. The predicted molar refractivity (Wildman–Crippen MR) is 62.0 cm³/mol. The Bertz CT molecular complexity index is 268. The van der Waals surface area contributed by atoms with E-state index in [1.165, 1.54) is 0 Å². The highest BCUT2D eigenvalue weighted by molar-refractivity contribution is 5.78. The van der Waals surface area contributed by atoms with E-state index >= 15 is 0 Å². The van der Waals surface area contributed by atoms with Gasteiger partial charge < -0.3 is 10.4 Å². The summed E-state index contributed by atoms with van der Waals surface area (Å²) in [5.74, 6) is 1.07. The molecule has 1 saturated carbocycles. The lowest BCUT2D eigenvalue weighted by molar-refractivity contribution is -0.136. The summed E-state index contributed by atoms with van der Waals surface area (Å²) in [6.07, 6.45) is 2.31. The van der Waals surface area contributed by atoms with E-state index in [-0.39, 0.29) is 5.91 Å². The minimum Gasteiger partial charge on any atom is -0.387 e. The predicted octanol–water partition coefficient (Wildman–Crippen LogP) is 0.215.